The Balaban J connectivity index is 0.000000372. The summed E-state index contributed by atoms with van der Waals surface area (Å²) >= 11 is 0. The minimum Gasteiger partial charge on any atom is -0.390 e. The molecule has 6 atom stereocenters. The van der Waals surface area contributed by atoms with Crippen LogP contribution in [-0.4, -0.2) is 288 Å². The van der Waals surface area contributed by atoms with Crippen LogP contribution in [0.15, 0.2) is 140 Å². The van der Waals surface area contributed by atoms with Gasteiger partial charge in [0, 0.05) is 201 Å². The van der Waals surface area contributed by atoms with Crippen LogP contribution in [0.25, 0.3) is 0 Å². The zero-order chi connectivity index (χ0) is 104. The lowest BCUT2D eigenvalue weighted by atomic mass is 9.98. The number of aliphatic hydroxyl groups is 3. The van der Waals surface area contributed by atoms with Gasteiger partial charge in [-0.15, -0.1) is 0 Å². The van der Waals surface area contributed by atoms with Crippen LogP contribution < -0.4 is 32.2 Å². The minimum absolute atomic E-state index is 0.000577. The number of aliphatic hydroxyl groups excluding tert-OH is 3. The Morgan fingerprint density at radius 2 is 0.579 bits per heavy atom. The number of carbonyl (C=O) groups is 12. The maximum atomic E-state index is 14.2. The van der Waals surface area contributed by atoms with Crippen molar-refractivity contribution in [2.75, 3.05) is 121 Å². The number of hydrogen-bond donors (Lipinski definition) is 9. The molecule has 0 bridgehead atoms. The van der Waals surface area contributed by atoms with Gasteiger partial charge in [-0.25, -0.2) is 41.4 Å². The lowest BCUT2D eigenvalue weighted by molar-refractivity contribution is -0.130. The minimum atomic E-state index is -1.33. The van der Waals surface area contributed by atoms with Crippen LogP contribution in [0.1, 0.15) is 250 Å². The quantitative estimate of drug-likeness (QED) is 0.0126. The second-order valence-corrected chi connectivity index (χ2v) is 35.9. The average Bonchev–Trinajstić information content (AvgIpc) is 0.812. The standard InChI is InChI=1S/C39H51F2N5O5.C33H47F2N5O5.C32H45F2N5O5/c1-6-9-17-46(43-36(48)21-27-13-11-10-12-14-27)26-35(47)34(20-28-18-32(40)25-33(41)19-28)42-37(49)29-22-30(38(50)44(4)5)24-31(23-29)39(51)45(15-7-2)16-8-3;1-8-11-39(12-9-2)33(45)25-17-23(16-24(18-25)32(44)38(6)7)31(43)36-28(15-22-13-26(34)19-27(35)14-22)29(41)20-40(10-3)37-30(42)21(4)5;1-8-10-39(11-9-2)32(44)24-16-22(15-23(17-24)31(43)37(5)6)30(42)35-27(14-21-12-25(33)18-26(34)13-21)28(40)19-38(7)36-29(41)20(3)4/h10-14,18-19,22-25,34-35,47H,6-9,15-17,20-21,26H2,1-5H3,(H,42,49)(H,43,48);13-14,16-19,21,28-29,41H,8-12,15,20H2,1-7H3,(H,36,43)(H,37,42);12-13,15-18,20,27-28,40H,8-11,14,19H2,1-7H3,(H,35,42)(H,36,41). The zero-order valence-electron chi connectivity index (χ0n) is 84.2. The molecule has 0 aromatic heterocycles. The summed E-state index contributed by atoms with van der Waals surface area (Å²) in [5.74, 6) is -10.7. The Bertz CT molecular complexity index is 5210. The summed E-state index contributed by atoms with van der Waals surface area (Å²) in [5.41, 5.74) is 10.4. The third-order valence-electron chi connectivity index (χ3n) is 22.1. The smallest absolute Gasteiger partial charge is 0.253 e. The van der Waals surface area contributed by atoms with Crippen molar-refractivity contribution in [1.29, 1.82) is 0 Å². The Morgan fingerprint density at radius 3 is 0.850 bits per heavy atom. The number of halogens is 6. The van der Waals surface area contributed by atoms with Crippen LogP contribution >= 0.6 is 0 Å². The molecule has 0 saturated carbocycles. The van der Waals surface area contributed by atoms with E-state index in [1.807, 2.05) is 78.8 Å². The molecule has 0 aliphatic rings. The summed E-state index contributed by atoms with van der Waals surface area (Å²) < 4.78 is 84.6. The van der Waals surface area contributed by atoms with Crippen LogP contribution in [0.4, 0.5) is 26.3 Å². The molecule has 7 aromatic rings. The van der Waals surface area contributed by atoms with E-state index in [-0.39, 0.29) is 159 Å². The molecule has 0 heterocycles. The molecule has 0 fully saturated rings. The fourth-order valence-corrected chi connectivity index (χ4v) is 15.0. The van der Waals surface area contributed by atoms with Gasteiger partial charge in [-0.1, -0.05) is 120 Å². The summed E-state index contributed by atoms with van der Waals surface area (Å²) in [6, 6.07) is 27.4. The molecule has 766 valence electrons. The molecule has 0 aliphatic carbocycles. The number of amides is 12. The van der Waals surface area contributed by atoms with Crippen molar-refractivity contribution in [1.82, 2.24) is 76.7 Å². The first-order valence-electron chi connectivity index (χ1n) is 47.7. The third-order valence-corrected chi connectivity index (χ3v) is 22.1. The van der Waals surface area contributed by atoms with Crippen molar-refractivity contribution >= 4 is 70.9 Å². The molecule has 6 unspecified atom stereocenters. The lowest BCUT2D eigenvalue weighted by Gasteiger charge is -2.30. The highest BCUT2D eigenvalue weighted by molar-refractivity contribution is 6.07. The first-order chi connectivity index (χ1) is 66.2. The Morgan fingerprint density at radius 1 is 0.307 bits per heavy atom. The van der Waals surface area contributed by atoms with Gasteiger partial charge in [0.2, 0.25) is 17.7 Å². The number of hydrogen-bond acceptors (Lipinski definition) is 18. The van der Waals surface area contributed by atoms with Crippen LogP contribution in [0.5, 0.6) is 0 Å². The lowest BCUT2D eigenvalue weighted by Crippen LogP contribution is -2.53. The summed E-state index contributed by atoms with van der Waals surface area (Å²) in [5, 5.41) is 46.7. The fraction of sp³-hybridized carbons (Fsp3) is 0.481. The molecule has 7 aromatic carbocycles. The highest BCUT2D eigenvalue weighted by Crippen LogP contribution is 2.25. The number of likely N-dealkylation sites (N-methyl/N-ethyl adjacent to an activating group) is 2. The number of rotatable bonds is 50. The van der Waals surface area contributed by atoms with E-state index in [2.05, 4.69) is 32.2 Å². The Labute approximate surface area is 819 Å². The highest BCUT2D eigenvalue weighted by atomic mass is 19.2. The molecule has 0 radical (unpaired) electrons. The van der Waals surface area contributed by atoms with Crippen molar-refractivity contribution < 1.29 is 99.2 Å². The third kappa shape index (κ3) is 39.0. The van der Waals surface area contributed by atoms with Crippen molar-refractivity contribution in [3.63, 3.8) is 0 Å². The summed E-state index contributed by atoms with van der Waals surface area (Å²) in [4.78, 5) is 167. The fourth-order valence-electron chi connectivity index (χ4n) is 15.0. The number of carbonyl (C=O) groups excluding carboxylic acids is 12. The van der Waals surface area contributed by atoms with Crippen LogP contribution in [0, 0.1) is 46.7 Å². The van der Waals surface area contributed by atoms with Gasteiger partial charge >= 0.3 is 0 Å². The molecule has 0 saturated heterocycles. The monoisotopic (exact) mass is 1960 g/mol. The van der Waals surface area contributed by atoms with Gasteiger partial charge in [0.1, 0.15) is 34.9 Å². The molecule has 30 nitrogen and oxygen atoms in total. The van der Waals surface area contributed by atoms with Gasteiger partial charge in [0.05, 0.1) is 42.9 Å². The molecule has 0 aliphatic heterocycles. The van der Waals surface area contributed by atoms with Crippen molar-refractivity contribution in [3.8, 4) is 0 Å². The van der Waals surface area contributed by atoms with E-state index in [4.69, 9.17) is 0 Å². The molecule has 0 spiro atoms. The van der Waals surface area contributed by atoms with Crippen molar-refractivity contribution in [3.05, 3.63) is 247 Å². The summed E-state index contributed by atoms with van der Waals surface area (Å²) in [6.45, 7) is 25.7. The highest BCUT2D eigenvalue weighted by Gasteiger charge is 2.34. The van der Waals surface area contributed by atoms with Gasteiger partial charge < -0.3 is 60.7 Å². The van der Waals surface area contributed by atoms with E-state index < -0.39 is 107 Å². The van der Waals surface area contributed by atoms with E-state index in [9.17, 15) is 99.2 Å². The predicted molar refractivity (Wildman–Crippen MR) is 525 cm³/mol. The van der Waals surface area contributed by atoms with Gasteiger partial charge in [-0.3, -0.25) is 73.8 Å². The SMILES string of the molecule is CCCCN(CC(O)C(Cc1cc(F)cc(F)c1)NC(=O)c1cc(C(=O)N(C)C)cc(C(=O)N(CCC)CCC)c1)NC(=O)Cc1ccccc1.CCCN(CCC)C(=O)c1cc(C(=O)NC(Cc2cc(F)cc(F)c2)C(O)CN(C)NC(=O)C(C)C)cc(C(=O)N(C)C)c1.CCCN(CCC)C(=O)c1cc(C(=O)NC(Cc2cc(F)cc(F)c2)C(O)CN(CC)NC(=O)C(C)C)cc(C(=O)N(C)C)c1. The second kappa shape index (κ2) is 59.2. The molecule has 12 amide bonds. The van der Waals surface area contributed by atoms with Crippen LogP contribution in [0.2, 0.25) is 0 Å². The maximum absolute atomic E-state index is 14.2. The normalized spacial score (nSPS) is 12.4. The zero-order valence-corrected chi connectivity index (χ0v) is 84.2. The number of benzene rings is 7. The van der Waals surface area contributed by atoms with Gasteiger partial charge in [0.15, 0.2) is 0 Å². The molecule has 9 N–H and O–H groups in total. The first kappa shape index (κ1) is 118. The molecular weight excluding hydrogens is 1810 g/mol. The topological polar surface area (TPSA) is 367 Å². The second-order valence-electron chi connectivity index (χ2n) is 35.9. The van der Waals surface area contributed by atoms with Crippen LogP contribution in [0.3, 0.4) is 0 Å². The number of unbranched alkanes of at least 4 members (excludes halogenated alkanes) is 1. The number of nitrogens with one attached hydrogen (secondary N) is 6. The molecule has 7 rings (SSSR count). The predicted octanol–water partition coefficient (Wildman–Crippen LogP) is 11.9. The van der Waals surface area contributed by atoms with E-state index in [0.717, 1.165) is 105 Å². The largest absolute Gasteiger partial charge is 0.390 e. The van der Waals surface area contributed by atoms with E-state index in [1.165, 1.54) is 86.4 Å². The first-order valence-corrected chi connectivity index (χ1v) is 47.7. The van der Waals surface area contributed by atoms with Gasteiger partial charge in [-0.05, 0) is 177 Å². The van der Waals surface area contributed by atoms with Gasteiger partial charge in [-0.2, -0.15) is 0 Å². The molecule has 36 heteroatoms. The summed E-state index contributed by atoms with van der Waals surface area (Å²) in [7, 11) is 10.9. The van der Waals surface area contributed by atoms with Crippen LogP contribution in [-0.2, 0) is 40.1 Å². The number of hydrazine groups is 3. The molecule has 140 heavy (non-hydrogen) atoms. The summed E-state index contributed by atoms with van der Waals surface area (Å²) in [6.07, 6.45) is 1.54. The Hall–Kier alpha value is -12.5. The number of nitrogens with zero attached hydrogens (tertiary/aromatic N) is 9. The molecular formula is C104H143F6N15O15. The van der Waals surface area contributed by atoms with E-state index in [1.54, 1.807) is 96.6 Å². The average molecular weight is 1960 g/mol. The van der Waals surface area contributed by atoms with E-state index >= 15 is 0 Å². The van der Waals surface area contributed by atoms with Crippen molar-refractivity contribution in [2.45, 2.75) is 197 Å². The van der Waals surface area contributed by atoms with E-state index in [0.29, 0.717) is 58.8 Å². The van der Waals surface area contributed by atoms with Crippen molar-refractivity contribution in [2.24, 2.45) is 11.8 Å². The Kier molecular flexibility index (Phi) is 49.9. The van der Waals surface area contributed by atoms with Gasteiger partial charge in [0.25, 0.3) is 53.2 Å². The maximum Gasteiger partial charge on any atom is 0.253 e.